The molecule has 0 radical (unpaired) electrons. The predicted octanol–water partition coefficient (Wildman–Crippen LogP) is 7.44. The first-order valence-corrected chi connectivity index (χ1v) is 15.4. The Bertz CT molecular complexity index is 1920. The number of carbonyl (C=O) groups excluding carboxylic acids is 2. The van der Waals surface area contributed by atoms with Crippen LogP contribution < -0.4 is 15.0 Å². The van der Waals surface area contributed by atoms with E-state index in [0.717, 1.165) is 27.8 Å². The van der Waals surface area contributed by atoms with Gasteiger partial charge in [-0.1, -0.05) is 91.0 Å². The van der Waals surface area contributed by atoms with Crippen LogP contribution in [-0.2, 0) is 16.0 Å². The number of likely N-dealkylation sites (N-methyl/N-ethyl adjacent to an activating group) is 1. The van der Waals surface area contributed by atoms with Gasteiger partial charge in [-0.15, -0.1) is 0 Å². The lowest BCUT2D eigenvalue weighted by atomic mass is 9.98. The maximum Gasteiger partial charge on any atom is 0.328 e. The van der Waals surface area contributed by atoms with E-state index in [4.69, 9.17) is 13.9 Å². The lowest BCUT2D eigenvalue weighted by Crippen LogP contribution is -2.33. The van der Waals surface area contributed by atoms with Crippen LogP contribution in [0.4, 0.5) is 11.7 Å². The molecule has 0 fully saturated rings. The fraction of sp³-hybridized carbons (Fsp3) is 0.154. The van der Waals surface area contributed by atoms with E-state index in [1.807, 2.05) is 127 Å². The summed E-state index contributed by atoms with van der Waals surface area (Å²) in [6.45, 7) is 1.01. The monoisotopic (exact) mass is 625 g/mol. The van der Waals surface area contributed by atoms with E-state index in [0.29, 0.717) is 48.2 Å². The molecular formula is C39H35N3O5. The van der Waals surface area contributed by atoms with Gasteiger partial charge in [0.05, 0.1) is 13.7 Å². The van der Waals surface area contributed by atoms with Gasteiger partial charge in [0, 0.05) is 30.3 Å². The molecule has 1 aromatic heterocycles. The van der Waals surface area contributed by atoms with Crippen LogP contribution in [0.2, 0.25) is 0 Å². The van der Waals surface area contributed by atoms with Gasteiger partial charge < -0.3 is 24.1 Å². The zero-order chi connectivity index (χ0) is 32.6. The fourth-order valence-corrected chi connectivity index (χ4v) is 5.31. The van der Waals surface area contributed by atoms with Crippen LogP contribution in [0.5, 0.6) is 5.75 Å². The number of oxazole rings is 1. The molecule has 0 bridgehead atoms. The molecule has 0 aliphatic carbocycles. The number of hydrogen-bond acceptors (Lipinski definition) is 8. The number of anilines is 2. The fourth-order valence-electron chi connectivity index (χ4n) is 5.31. The number of ketones is 1. The van der Waals surface area contributed by atoms with Crippen molar-refractivity contribution in [1.82, 2.24) is 4.98 Å². The Morgan fingerprint density at radius 1 is 0.809 bits per heavy atom. The Morgan fingerprint density at radius 3 is 2.23 bits per heavy atom. The second kappa shape index (κ2) is 14.5. The smallest absolute Gasteiger partial charge is 0.328 e. The average molecular weight is 626 g/mol. The van der Waals surface area contributed by atoms with Crippen molar-refractivity contribution in [3.63, 3.8) is 0 Å². The molecule has 8 heteroatoms. The normalized spacial score (nSPS) is 11.5. The molecular weight excluding hydrogens is 590 g/mol. The zero-order valence-electron chi connectivity index (χ0n) is 26.3. The Hall–Kier alpha value is -5.89. The summed E-state index contributed by atoms with van der Waals surface area (Å²) in [5, 5.41) is 3.27. The predicted molar refractivity (Wildman–Crippen MR) is 184 cm³/mol. The maximum atomic E-state index is 13.6. The summed E-state index contributed by atoms with van der Waals surface area (Å²) in [5.74, 6) is 0.137. The minimum atomic E-state index is -0.717. The summed E-state index contributed by atoms with van der Waals surface area (Å²) < 4.78 is 16.9. The number of methoxy groups -OCH3 is 1. The number of nitrogens with one attached hydrogen (secondary N) is 1. The molecule has 1 heterocycles. The van der Waals surface area contributed by atoms with Crippen molar-refractivity contribution in [1.29, 1.82) is 0 Å². The lowest BCUT2D eigenvalue weighted by molar-refractivity contribution is -0.141. The third-order valence-corrected chi connectivity index (χ3v) is 7.91. The first-order valence-electron chi connectivity index (χ1n) is 15.4. The summed E-state index contributed by atoms with van der Waals surface area (Å²) in [6, 6.07) is 39.8. The zero-order valence-corrected chi connectivity index (χ0v) is 26.3. The van der Waals surface area contributed by atoms with E-state index in [1.165, 1.54) is 7.11 Å². The van der Waals surface area contributed by atoms with E-state index in [1.54, 1.807) is 12.1 Å². The molecule has 0 amide bonds. The first-order chi connectivity index (χ1) is 23.0. The Balaban J connectivity index is 1.08. The molecule has 6 rings (SSSR count). The first kappa shape index (κ1) is 31.1. The summed E-state index contributed by atoms with van der Waals surface area (Å²) >= 11 is 0. The Morgan fingerprint density at radius 2 is 1.49 bits per heavy atom. The van der Waals surface area contributed by atoms with Crippen LogP contribution >= 0.6 is 0 Å². The molecule has 236 valence electrons. The van der Waals surface area contributed by atoms with Crippen molar-refractivity contribution in [3.05, 3.63) is 144 Å². The Kier molecular flexibility index (Phi) is 9.58. The number of carbonyl (C=O) groups is 2. The van der Waals surface area contributed by atoms with Crippen molar-refractivity contribution < 1.29 is 23.5 Å². The van der Waals surface area contributed by atoms with Crippen molar-refractivity contribution >= 4 is 34.6 Å². The lowest BCUT2D eigenvalue weighted by Gasteiger charge is -2.20. The second-order valence-electron chi connectivity index (χ2n) is 11.1. The number of nitrogens with zero attached hydrogens (tertiary/aromatic N) is 2. The summed E-state index contributed by atoms with van der Waals surface area (Å²) in [4.78, 5) is 32.9. The van der Waals surface area contributed by atoms with Gasteiger partial charge in [-0.3, -0.25) is 4.79 Å². The average Bonchev–Trinajstić information content (AvgIpc) is 3.57. The molecule has 1 unspecified atom stereocenters. The molecule has 1 atom stereocenters. The number of para-hydroxylation sites is 3. The van der Waals surface area contributed by atoms with Crippen LogP contribution in [0.1, 0.15) is 21.5 Å². The van der Waals surface area contributed by atoms with Crippen LogP contribution in [0.15, 0.2) is 132 Å². The molecule has 6 aromatic rings. The van der Waals surface area contributed by atoms with Gasteiger partial charge in [-0.25, -0.2) is 4.79 Å². The van der Waals surface area contributed by atoms with Gasteiger partial charge in [-0.05, 0) is 53.1 Å². The van der Waals surface area contributed by atoms with Crippen LogP contribution in [-0.4, -0.2) is 50.1 Å². The molecule has 0 spiro atoms. The molecule has 5 aromatic carbocycles. The highest BCUT2D eigenvalue weighted by atomic mass is 16.5. The van der Waals surface area contributed by atoms with Crippen molar-refractivity contribution in [2.75, 3.05) is 37.5 Å². The minimum absolute atomic E-state index is 0.139. The third kappa shape index (κ3) is 7.50. The molecule has 8 nitrogen and oxygen atoms in total. The number of rotatable bonds is 13. The third-order valence-electron chi connectivity index (χ3n) is 7.91. The van der Waals surface area contributed by atoms with E-state index >= 15 is 0 Å². The van der Waals surface area contributed by atoms with Crippen molar-refractivity contribution in [3.8, 4) is 16.9 Å². The molecule has 47 heavy (non-hydrogen) atoms. The number of hydrogen-bond donors (Lipinski definition) is 1. The highest BCUT2D eigenvalue weighted by molar-refractivity contribution is 6.12. The van der Waals surface area contributed by atoms with E-state index in [-0.39, 0.29) is 5.78 Å². The quantitative estimate of drug-likeness (QED) is 0.105. The number of aromatic nitrogens is 1. The van der Waals surface area contributed by atoms with Crippen LogP contribution in [0, 0.1) is 0 Å². The van der Waals surface area contributed by atoms with Gasteiger partial charge in [0.15, 0.2) is 11.4 Å². The summed E-state index contributed by atoms with van der Waals surface area (Å²) in [7, 11) is 3.27. The highest BCUT2D eigenvalue weighted by Crippen LogP contribution is 2.25. The van der Waals surface area contributed by atoms with Crippen LogP contribution in [0.25, 0.3) is 22.2 Å². The van der Waals surface area contributed by atoms with E-state index in [2.05, 4.69) is 10.3 Å². The molecule has 1 N–H and O–H groups in total. The molecule has 0 saturated carbocycles. The number of benzene rings is 5. The minimum Gasteiger partial charge on any atom is -0.492 e. The van der Waals surface area contributed by atoms with Crippen molar-refractivity contribution in [2.45, 2.75) is 12.5 Å². The summed E-state index contributed by atoms with van der Waals surface area (Å²) in [5.41, 5.74) is 6.17. The van der Waals surface area contributed by atoms with Gasteiger partial charge in [-0.2, -0.15) is 4.98 Å². The van der Waals surface area contributed by atoms with Gasteiger partial charge in [0.2, 0.25) is 0 Å². The SMILES string of the molecule is COC(=O)C(Cc1ccc(OCCN(C)c2nc3ccccc3o2)cc1)Nc1ccccc1C(=O)c1ccc(-c2ccccc2)cc1. The maximum absolute atomic E-state index is 13.6. The number of fused-ring (bicyclic) bond motifs is 1. The summed E-state index contributed by atoms with van der Waals surface area (Å²) in [6.07, 6.45) is 0.349. The van der Waals surface area contributed by atoms with Gasteiger partial charge >= 0.3 is 5.97 Å². The number of esters is 1. The van der Waals surface area contributed by atoms with Crippen LogP contribution in [0.3, 0.4) is 0 Å². The van der Waals surface area contributed by atoms with Gasteiger partial charge in [0.1, 0.15) is 23.9 Å². The molecule has 0 aliphatic rings. The number of ether oxygens (including phenoxy) is 2. The second-order valence-corrected chi connectivity index (χ2v) is 11.1. The largest absolute Gasteiger partial charge is 0.492 e. The van der Waals surface area contributed by atoms with Crippen molar-refractivity contribution in [2.24, 2.45) is 0 Å². The van der Waals surface area contributed by atoms with E-state index < -0.39 is 12.0 Å². The van der Waals surface area contributed by atoms with E-state index in [9.17, 15) is 9.59 Å². The Labute approximate surface area is 273 Å². The molecule has 0 saturated heterocycles. The molecule has 0 aliphatic heterocycles. The standard InChI is InChI=1S/C39H35N3O5/c1-42(39-41-34-14-8-9-15-36(34)47-39)24-25-46-31-22-16-27(17-23-31)26-35(38(44)45-2)40-33-13-7-6-12-32(33)37(43)30-20-18-29(19-21-30)28-10-4-3-5-11-28/h3-23,35,40H,24-26H2,1-2H3. The van der Waals surface area contributed by atoms with Gasteiger partial charge in [0.25, 0.3) is 6.01 Å². The highest BCUT2D eigenvalue weighted by Gasteiger charge is 2.23. The topological polar surface area (TPSA) is 93.9 Å².